The third-order valence-corrected chi connectivity index (χ3v) is 4.48. The van der Waals surface area contributed by atoms with Gasteiger partial charge in [-0.3, -0.25) is 0 Å². The van der Waals surface area contributed by atoms with E-state index in [1.807, 2.05) is 18.3 Å². The molecule has 0 amide bonds. The van der Waals surface area contributed by atoms with Gasteiger partial charge >= 0.3 is 0 Å². The molecule has 8 heteroatoms. The molecule has 0 radical (unpaired) electrons. The van der Waals surface area contributed by atoms with Crippen LogP contribution in [0.5, 0.6) is 0 Å². The number of likely N-dealkylation sites (N-methyl/N-ethyl adjacent to an activating group) is 1. The maximum Gasteiger partial charge on any atom is 0.232 e. The van der Waals surface area contributed by atoms with E-state index >= 15 is 0 Å². The summed E-state index contributed by atoms with van der Waals surface area (Å²) in [6.07, 6.45) is 7.91. The normalized spacial score (nSPS) is 17.2. The fraction of sp³-hybridized carbons (Fsp3) is 0.312. The van der Waals surface area contributed by atoms with Crippen LogP contribution >= 0.6 is 0 Å². The highest BCUT2D eigenvalue weighted by Gasteiger charge is 2.28. The molecule has 8 nitrogen and oxygen atoms in total. The van der Waals surface area contributed by atoms with Crippen molar-refractivity contribution in [3.63, 3.8) is 0 Å². The van der Waals surface area contributed by atoms with Gasteiger partial charge in [-0.1, -0.05) is 0 Å². The first-order valence-corrected chi connectivity index (χ1v) is 7.74. The molecule has 1 N–H and O–H groups in total. The zero-order valence-electron chi connectivity index (χ0n) is 13.2. The zero-order chi connectivity index (χ0) is 16.5. The second-order valence-corrected chi connectivity index (χ2v) is 5.81. The van der Waals surface area contributed by atoms with Crippen LogP contribution in [0.4, 0.5) is 11.5 Å². The minimum absolute atomic E-state index is 0.197. The number of hydrogen-bond donors (Lipinski definition) is 1. The van der Waals surface area contributed by atoms with Gasteiger partial charge in [0.15, 0.2) is 0 Å². The molecule has 1 atom stereocenters. The average molecular weight is 320 g/mol. The Morgan fingerprint density at radius 1 is 1.29 bits per heavy atom. The Bertz CT molecular complexity index is 894. The van der Waals surface area contributed by atoms with Gasteiger partial charge in [0.25, 0.3) is 0 Å². The van der Waals surface area contributed by atoms with E-state index in [-0.39, 0.29) is 5.82 Å². The third-order valence-electron chi connectivity index (χ3n) is 4.48. The van der Waals surface area contributed by atoms with Crippen LogP contribution in [0.2, 0.25) is 0 Å². The summed E-state index contributed by atoms with van der Waals surface area (Å²) in [5, 5.41) is 9.82. The summed E-state index contributed by atoms with van der Waals surface area (Å²) in [5.41, 5.74) is 1.79. The fourth-order valence-corrected chi connectivity index (χ4v) is 3.15. The lowest BCUT2D eigenvalue weighted by atomic mass is 10.2. The number of nitriles is 1. The molecule has 0 saturated carbocycles. The number of nitrogens with zero attached hydrogens (tertiary/aromatic N) is 7. The summed E-state index contributed by atoms with van der Waals surface area (Å²) in [6.45, 7) is 1.79. The standard InChI is InChI=1S/C16H16N8/c1-23(16-13-2-4-18-15(13)21-10-22-16)11-3-5-24(9-11)12-7-19-14(6-17)20-8-12/h2,4,7-8,10-11H,3,5,9H2,1H3,(H,18,21,22). The highest BCUT2D eigenvalue weighted by molar-refractivity contribution is 5.87. The molecule has 3 aromatic rings. The van der Waals surface area contributed by atoms with E-state index in [4.69, 9.17) is 5.26 Å². The minimum Gasteiger partial charge on any atom is -0.367 e. The molecule has 0 bridgehead atoms. The van der Waals surface area contributed by atoms with Gasteiger partial charge in [-0.15, -0.1) is 0 Å². The van der Waals surface area contributed by atoms with Crippen molar-refractivity contribution in [2.24, 2.45) is 0 Å². The summed E-state index contributed by atoms with van der Waals surface area (Å²) >= 11 is 0. The van der Waals surface area contributed by atoms with Crippen LogP contribution in [0.25, 0.3) is 11.0 Å². The molecule has 4 rings (SSSR count). The maximum atomic E-state index is 8.79. The lowest BCUT2D eigenvalue weighted by molar-refractivity contribution is 0.686. The molecule has 120 valence electrons. The van der Waals surface area contributed by atoms with Crippen molar-refractivity contribution in [3.05, 3.63) is 36.8 Å². The Balaban J connectivity index is 1.53. The summed E-state index contributed by atoms with van der Waals surface area (Å²) in [7, 11) is 2.07. The Morgan fingerprint density at radius 2 is 2.12 bits per heavy atom. The highest BCUT2D eigenvalue weighted by atomic mass is 15.3. The van der Waals surface area contributed by atoms with Crippen LogP contribution in [0, 0.1) is 11.3 Å². The first-order valence-electron chi connectivity index (χ1n) is 7.74. The molecule has 0 spiro atoms. The number of fused-ring (bicyclic) bond motifs is 1. The van der Waals surface area contributed by atoms with E-state index in [2.05, 4.69) is 41.8 Å². The molecule has 3 aromatic heterocycles. The molecular weight excluding hydrogens is 304 g/mol. The summed E-state index contributed by atoms with van der Waals surface area (Å²) in [6, 6.07) is 4.29. The Morgan fingerprint density at radius 3 is 2.92 bits per heavy atom. The van der Waals surface area contributed by atoms with E-state index in [1.165, 1.54) is 0 Å². The molecule has 4 heterocycles. The van der Waals surface area contributed by atoms with Gasteiger partial charge in [0.1, 0.15) is 23.9 Å². The van der Waals surface area contributed by atoms with Crippen molar-refractivity contribution in [1.82, 2.24) is 24.9 Å². The Labute approximate surface area is 138 Å². The minimum atomic E-state index is 0.197. The van der Waals surface area contributed by atoms with E-state index in [1.54, 1.807) is 18.7 Å². The number of anilines is 2. The van der Waals surface area contributed by atoms with Crippen LogP contribution in [0.3, 0.4) is 0 Å². The van der Waals surface area contributed by atoms with Crippen LogP contribution in [0.1, 0.15) is 12.2 Å². The molecule has 24 heavy (non-hydrogen) atoms. The van der Waals surface area contributed by atoms with Gasteiger partial charge in [0, 0.05) is 32.4 Å². The SMILES string of the molecule is CN(c1ncnc2[nH]ccc12)C1CCN(c2cnc(C#N)nc2)C1. The average Bonchev–Trinajstić information content (AvgIpc) is 3.30. The van der Waals surface area contributed by atoms with E-state index in [0.717, 1.165) is 42.0 Å². The second kappa shape index (κ2) is 5.77. The predicted molar refractivity (Wildman–Crippen MR) is 89.7 cm³/mol. The zero-order valence-corrected chi connectivity index (χ0v) is 13.2. The lowest BCUT2D eigenvalue weighted by Crippen LogP contribution is -2.35. The van der Waals surface area contributed by atoms with Gasteiger partial charge in [0.05, 0.1) is 23.5 Å². The summed E-state index contributed by atoms with van der Waals surface area (Å²) in [4.78, 5) is 24.4. The molecule has 1 unspecified atom stereocenters. The Hall–Kier alpha value is -3.21. The quantitative estimate of drug-likeness (QED) is 0.777. The number of aromatic nitrogens is 5. The van der Waals surface area contributed by atoms with Crippen LogP contribution in [0.15, 0.2) is 31.0 Å². The number of hydrogen-bond acceptors (Lipinski definition) is 7. The molecule has 0 aromatic carbocycles. The predicted octanol–water partition coefficient (Wildman–Crippen LogP) is 1.33. The molecule has 1 aliphatic rings. The number of nitrogens with one attached hydrogen (secondary N) is 1. The maximum absolute atomic E-state index is 8.79. The van der Waals surface area contributed by atoms with Gasteiger partial charge in [-0.2, -0.15) is 5.26 Å². The first-order chi connectivity index (χ1) is 11.8. The summed E-state index contributed by atoms with van der Waals surface area (Å²) in [5.74, 6) is 1.13. The smallest absolute Gasteiger partial charge is 0.232 e. The van der Waals surface area contributed by atoms with Crippen molar-refractivity contribution in [2.45, 2.75) is 12.5 Å². The van der Waals surface area contributed by atoms with Gasteiger partial charge in [-0.25, -0.2) is 19.9 Å². The van der Waals surface area contributed by atoms with E-state index in [0.29, 0.717) is 6.04 Å². The molecule has 1 aliphatic heterocycles. The van der Waals surface area contributed by atoms with Gasteiger partial charge in [-0.05, 0) is 12.5 Å². The molecular formula is C16H16N8. The lowest BCUT2D eigenvalue weighted by Gasteiger charge is -2.26. The number of rotatable bonds is 3. The number of aromatic amines is 1. The van der Waals surface area contributed by atoms with Crippen LogP contribution in [-0.2, 0) is 0 Å². The van der Waals surface area contributed by atoms with E-state index in [9.17, 15) is 0 Å². The highest BCUT2D eigenvalue weighted by Crippen LogP contribution is 2.27. The monoisotopic (exact) mass is 320 g/mol. The number of H-pyrrole nitrogens is 1. The van der Waals surface area contributed by atoms with Crippen molar-refractivity contribution in [1.29, 1.82) is 5.26 Å². The van der Waals surface area contributed by atoms with Gasteiger partial charge < -0.3 is 14.8 Å². The largest absolute Gasteiger partial charge is 0.367 e. The Kier molecular flexibility index (Phi) is 3.46. The van der Waals surface area contributed by atoms with Crippen molar-refractivity contribution in [3.8, 4) is 6.07 Å². The van der Waals surface area contributed by atoms with Crippen LogP contribution < -0.4 is 9.80 Å². The van der Waals surface area contributed by atoms with Crippen molar-refractivity contribution in [2.75, 3.05) is 29.9 Å². The molecule has 1 saturated heterocycles. The van der Waals surface area contributed by atoms with Crippen molar-refractivity contribution >= 4 is 22.5 Å². The third kappa shape index (κ3) is 2.40. The second-order valence-electron chi connectivity index (χ2n) is 5.81. The van der Waals surface area contributed by atoms with E-state index < -0.39 is 0 Å². The topological polar surface area (TPSA) is 97.6 Å². The molecule has 1 fully saturated rings. The fourth-order valence-electron chi connectivity index (χ4n) is 3.15. The summed E-state index contributed by atoms with van der Waals surface area (Å²) < 4.78 is 0. The first kappa shape index (κ1) is 14.4. The van der Waals surface area contributed by atoms with Gasteiger partial charge in [0.2, 0.25) is 5.82 Å². The molecule has 0 aliphatic carbocycles. The van der Waals surface area contributed by atoms with Crippen LogP contribution in [-0.4, -0.2) is 51.1 Å². The van der Waals surface area contributed by atoms with Crippen molar-refractivity contribution < 1.29 is 0 Å².